The molecule has 106 valence electrons. The largest absolute Gasteiger partial charge is 0.586 e. The van der Waals surface area contributed by atoms with Gasteiger partial charge in [0.2, 0.25) is 0 Å². The van der Waals surface area contributed by atoms with E-state index in [2.05, 4.69) is 14.2 Å². The van der Waals surface area contributed by atoms with Crippen molar-refractivity contribution in [1.29, 1.82) is 0 Å². The van der Waals surface area contributed by atoms with Crippen molar-refractivity contribution in [3.63, 3.8) is 0 Å². The number of benzene rings is 1. The fourth-order valence-electron chi connectivity index (χ4n) is 1.61. The molecular formula is C11H12ClF2NO4. The molecule has 1 aromatic carbocycles. The summed E-state index contributed by atoms with van der Waals surface area (Å²) in [5.74, 6) is -0.692. The monoisotopic (exact) mass is 295 g/mol. The third-order valence-electron chi connectivity index (χ3n) is 2.43. The van der Waals surface area contributed by atoms with Gasteiger partial charge in [-0.2, -0.15) is 0 Å². The molecule has 0 spiro atoms. The molecule has 0 saturated carbocycles. The minimum absolute atomic E-state index is 0. The summed E-state index contributed by atoms with van der Waals surface area (Å²) >= 11 is 0. The number of carbonyl (C=O) groups excluding carboxylic acids is 1. The number of carbonyl (C=O) groups is 1. The van der Waals surface area contributed by atoms with Gasteiger partial charge in [0, 0.05) is 0 Å². The molecule has 5 nitrogen and oxygen atoms in total. The molecule has 0 aromatic heterocycles. The fourth-order valence-corrected chi connectivity index (χ4v) is 1.61. The highest BCUT2D eigenvalue weighted by atomic mass is 35.5. The lowest BCUT2D eigenvalue weighted by Crippen LogP contribution is -2.33. The molecule has 0 amide bonds. The lowest BCUT2D eigenvalue weighted by molar-refractivity contribution is -0.286. The van der Waals surface area contributed by atoms with Crippen LogP contribution in [0.5, 0.6) is 11.5 Å². The number of fused-ring (bicyclic) bond motifs is 1. The van der Waals surface area contributed by atoms with E-state index >= 15 is 0 Å². The van der Waals surface area contributed by atoms with Crippen LogP contribution in [0, 0.1) is 0 Å². The quantitative estimate of drug-likeness (QED) is 0.855. The first kappa shape index (κ1) is 15.5. The Hall–Kier alpha value is -1.60. The number of rotatable bonds is 3. The first-order chi connectivity index (χ1) is 8.41. The van der Waals surface area contributed by atoms with Gasteiger partial charge in [-0.3, -0.25) is 4.79 Å². The van der Waals surface area contributed by atoms with Crippen LogP contribution in [0.2, 0.25) is 0 Å². The summed E-state index contributed by atoms with van der Waals surface area (Å²) < 4.78 is 38.5. The zero-order valence-corrected chi connectivity index (χ0v) is 10.7. The van der Waals surface area contributed by atoms with Gasteiger partial charge in [-0.15, -0.1) is 21.2 Å². The molecule has 1 aliphatic rings. The molecule has 0 radical (unpaired) electrons. The molecule has 1 heterocycles. The van der Waals surface area contributed by atoms with Gasteiger partial charge in [0.15, 0.2) is 11.5 Å². The van der Waals surface area contributed by atoms with E-state index < -0.39 is 18.3 Å². The Balaban J connectivity index is 0.00000180. The molecule has 0 fully saturated rings. The maximum Gasteiger partial charge on any atom is 0.586 e. The van der Waals surface area contributed by atoms with Crippen molar-refractivity contribution in [3.8, 4) is 11.5 Å². The lowest BCUT2D eigenvalue weighted by Gasteiger charge is -2.09. The highest BCUT2D eigenvalue weighted by Gasteiger charge is 2.43. The second-order valence-electron chi connectivity index (χ2n) is 3.78. The van der Waals surface area contributed by atoms with Gasteiger partial charge < -0.3 is 19.9 Å². The smallest absolute Gasteiger partial charge is 0.468 e. The van der Waals surface area contributed by atoms with Crippen LogP contribution < -0.4 is 15.2 Å². The van der Waals surface area contributed by atoms with Crippen LogP contribution in [0.15, 0.2) is 18.2 Å². The molecule has 8 heteroatoms. The number of esters is 1. The van der Waals surface area contributed by atoms with E-state index in [1.165, 1.54) is 25.3 Å². The van der Waals surface area contributed by atoms with Crippen LogP contribution in [0.3, 0.4) is 0 Å². The summed E-state index contributed by atoms with van der Waals surface area (Å²) in [6.45, 7) is 0. The summed E-state index contributed by atoms with van der Waals surface area (Å²) in [5.41, 5.74) is 6.14. The molecular weight excluding hydrogens is 284 g/mol. The van der Waals surface area contributed by atoms with Crippen molar-refractivity contribution < 1.29 is 27.8 Å². The maximum atomic E-state index is 12.8. The minimum Gasteiger partial charge on any atom is -0.468 e. The highest BCUT2D eigenvalue weighted by molar-refractivity contribution is 5.85. The zero-order chi connectivity index (χ0) is 13.3. The summed E-state index contributed by atoms with van der Waals surface area (Å²) in [4.78, 5) is 11.1. The zero-order valence-electron chi connectivity index (χ0n) is 9.89. The van der Waals surface area contributed by atoms with Crippen molar-refractivity contribution in [2.24, 2.45) is 5.73 Å². The van der Waals surface area contributed by atoms with Gasteiger partial charge >= 0.3 is 12.3 Å². The fraction of sp³-hybridized carbons (Fsp3) is 0.364. The van der Waals surface area contributed by atoms with E-state index in [-0.39, 0.29) is 30.3 Å². The van der Waals surface area contributed by atoms with Gasteiger partial charge in [-0.1, -0.05) is 6.07 Å². The minimum atomic E-state index is -3.65. The Morgan fingerprint density at radius 1 is 1.42 bits per heavy atom. The van der Waals surface area contributed by atoms with E-state index in [0.29, 0.717) is 5.56 Å². The van der Waals surface area contributed by atoms with E-state index in [1.54, 1.807) is 0 Å². The molecule has 0 aliphatic carbocycles. The summed E-state index contributed by atoms with van der Waals surface area (Å²) in [5, 5.41) is 0. The Kier molecular flexibility index (Phi) is 4.54. The summed E-state index contributed by atoms with van der Waals surface area (Å²) in [6, 6.07) is 3.39. The number of halogens is 3. The van der Waals surface area contributed by atoms with Crippen LogP contribution >= 0.6 is 12.4 Å². The second kappa shape index (κ2) is 5.58. The van der Waals surface area contributed by atoms with Crippen LogP contribution in [-0.4, -0.2) is 25.4 Å². The highest BCUT2D eigenvalue weighted by Crippen LogP contribution is 2.41. The number of alkyl halides is 2. The topological polar surface area (TPSA) is 70.8 Å². The molecule has 2 N–H and O–H groups in total. The third kappa shape index (κ3) is 3.45. The molecule has 0 unspecified atom stereocenters. The number of ether oxygens (including phenoxy) is 3. The summed E-state index contributed by atoms with van der Waals surface area (Å²) in [7, 11) is 1.22. The average Bonchev–Trinajstić information content (AvgIpc) is 2.61. The van der Waals surface area contributed by atoms with Crippen molar-refractivity contribution >= 4 is 18.4 Å². The van der Waals surface area contributed by atoms with Crippen molar-refractivity contribution in [1.82, 2.24) is 0 Å². The van der Waals surface area contributed by atoms with Crippen molar-refractivity contribution in [2.75, 3.05) is 7.11 Å². The average molecular weight is 296 g/mol. The lowest BCUT2D eigenvalue weighted by atomic mass is 10.1. The Labute approximate surface area is 114 Å². The van der Waals surface area contributed by atoms with Gasteiger partial charge in [-0.25, -0.2) is 0 Å². The molecule has 19 heavy (non-hydrogen) atoms. The Bertz CT molecular complexity index is 484. The predicted octanol–water partition coefficient (Wildman–Crippen LogP) is 1.47. The normalized spacial score (nSPS) is 16.4. The molecule has 0 bridgehead atoms. The molecule has 1 atom stereocenters. The standard InChI is InChI=1S/C11H11F2NO4.ClH/c1-16-10(15)7(14)4-6-2-3-8-9(5-6)18-11(12,13)17-8;/h2-3,5,7H,4,14H2,1H3;1H/t7-;/m0./s1. The third-order valence-corrected chi connectivity index (χ3v) is 2.43. The van der Waals surface area contributed by atoms with Crippen LogP contribution in [0.4, 0.5) is 8.78 Å². The second-order valence-corrected chi connectivity index (χ2v) is 3.78. The number of hydrogen-bond donors (Lipinski definition) is 1. The van der Waals surface area contributed by atoms with Crippen LogP contribution in [0.1, 0.15) is 5.56 Å². The molecule has 0 saturated heterocycles. The van der Waals surface area contributed by atoms with Gasteiger partial charge in [0.1, 0.15) is 6.04 Å². The first-order valence-corrected chi connectivity index (χ1v) is 5.13. The predicted molar refractivity (Wildman–Crippen MR) is 63.6 cm³/mol. The van der Waals surface area contributed by atoms with Gasteiger partial charge in [0.25, 0.3) is 0 Å². The van der Waals surface area contributed by atoms with E-state index in [4.69, 9.17) is 5.73 Å². The van der Waals surface area contributed by atoms with Gasteiger partial charge in [-0.05, 0) is 24.1 Å². The number of hydrogen-bond acceptors (Lipinski definition) is 5. The van der Waals surface area contributed by atoms with E-state index in [1.807, 2.05) is 0 Å². The Morgan fingerprint density at radius 3 is 2.68 bits per heavy atom. The number of methoxy groups -OCH3 is 1. The summed E-state index contributed by atoms with van der Waals surface area (Å²) in [6.07, 6.45) is -3.49. The molecule has 1 aromatic rings. The number of nitrogens with two attached hydrogens (primary N) is 1. The van der Waals surface area contributed by atoms with E-state index in [0.717, 1.165) is 0 Å². The molecule has 2 rings (SSSR count). The SMILES string of the molecule is COC(=O)[C@@H](N)Cc1ccc2c(c1)OC(F)(F)O2.Cl. The van der Waals surface area contributed by atoms with Crippen molar-refractivity contribution in [3.05, 3.63) is 23.8 Å². The Morgan fingerprint density at radius 2 is 2.05 bits per heavy atom. The van der Waals surface area contributed by atoms with Crippen LogP contribution in [-0.2, 0) is 16.0 Å². The van der Waals surface area contributed by atoms with Gasteiger partial charge in [0.05, 0.1) is 7.11 Å². The van der Waals surface area contributed by atoms with Crippen molar-refractivity contribution in [2.45, 2.75) is 18.8 Å². The van der Waals surface area contributed by atoms with Crippen LogP contribution in [0.25, 0.3) is 0 Å². The maximum absolute atomic E-state index is 12.8. The molecule has 1 aliphatic heterocycles. The van der Waals surface area contributed by atoms with E-state index in [9.17, 15) is 13.6 Å². The first-order valence-electron chi connectivity index (χ1n) is 5.13.